The molecule has 3 rings (SSSR count). The van der Waals surface area contributed by atoms with Crippen LogP contribution in [0.4, 0.5) is 14.6 Å². The Morgan fingerprint density at radius 2 is 1.70 bits per heavy atom. The minimum atomic E-state index is -1.28. The number of hydrogen-bond acceptors (Lipinski definition) is 4. The number of pyridine rings is 1. The molecule has 10 heteroatoms. The fraction of sp³-hybridized carbons (Fsp3) is 0. The minimum Gasteiger partial charge on any atom is -0.384 e. The molecule has 0 atom stereocenters. The van der Waals surface area contributed by atoms with Gasteiger partial charge in [0.15, 0.2) is 5.82 Å². The van der Waals surface area contributed by atoms with E-state index in [0.717, 1.165) is 6.07 Å². The number of rotatable bonds is 1. The summed E-state index contributed by atoms with van der Waals surface area (Å²) in [6.07, 6.45) is 0. The summed E-state index contributed by atoms with van der Waals surface area (Å²) < 4.78 is 28.1. The van der Waals surface area contributed by atoms with E-state index in [1.165, 1.54) is 0 Å². The van der Waals surface area contributed by atoms with Crippen molar-refractivity contribution in [3.05, 3.63) is 55.3 Å². The molecule has 0 bridgehead atoms. The number of nitrogens with two attached hydrogens (primary N) is 1. The van der Waals surface area contributed by atoms with Gasteiger partial charge in [0.1, 0.15) is 21.7 Å². The molecule has 23 heavy (non-hydrogen) atoms. The fourth-order valence-corrected chi connectivity index (χ4v) is 2.68. The van der Waals surface area contributed by atoms with Gasteiger partial charge in [-0.2, -0.15) is 0 Å². The fourth-order valence-electron chi connectivity index (χ4n) is 2.25. The number of imide groups is 1. The van der Waals surface area contributed by atoms with Gasteiger partial charge in [-0.25, -0.2) is 8.78 Å². The molecule has 0 fully saturated rings. The van der Waals surface area contributed by atoms with Gasteiger partial charge in [0.2, 0.25) is 0 Å². The lowest BCUT2D eigenvalue weighted by Crippen LogP contribution is -2.24. The van der Waals surface area contributed by atoms with E-state index in [2.05, 4.69) is 0 Å². The van der Waals surface area contributed by atoms with Gasteiger partial charge in [0, 0.05) is 12.1 Å². The van der Waals surface area contributed by atoms with Gasteiger partial charge >= 0.3 is 0 Å². The maximum Gasteiger partial charge on any atom is 0.262 e. The highest BCUT2D eigenvalue weighted by molar-refractivity contribution is 6.36. The number of aromatic nitrogens is 1. The predicted molar refractivity (Wildman–Crippen MR) is 78.2 cm³/mol. The van der Waals surface area contributed by atoms with Crippen LogP contribution < -0.4 is 16.6 Å². The van der Waals surface area contributed by atoms with Gasteiger partial charge < -0.3 is 5.73 Å². The van der Waals surface area contributed by atoms with Crippen LogP contribution in [0.15, 0.2) is 16.9 Å². The third-order valence-electron chi connectivity index (χ3n) is 3.28. The SMILES string of the molecule is Nc1c2c(cc(=O)n1-c1cc(F)c(Cl)c(F)c1Cl)C(=O)NC2=O. The molecule has 2 heterocycles. The zero-order valence-corrected chi connectivity index (χ0v) is 12.4. The second-order valence-corrected chi connectivity index (χ2v) is 5.35. The Morgan fingerprint density at radius 1 is 1.04 bits per heavy atom. The number of carbonyl (C=O) groups is 2. The summed E-state index contributed by atoms with van der Waals surface area (Å²) in [4.78, 5) is 35.5. The quantitative estimate of drug-likeness (QED) is 0.461. The van der Waals surface area contributed by atoms with Gasteiger partial charge in [0.25, 0.3) is 17.4 Å². The van der Waals surface area contributed by atoms with Crippen LogP contribution in [0.2, 0.25) is 10.0 Å². The van der Waals surface area contributed by atoms with Crippen LogP contribution in [0.25, 0.3) is 5.69 Å². The molecule has 1 aromatic heterocycles. The van der Waals surface area contributed by atoms with Crippen molar-refractivity contribution in [2.24, 2.45) is 0 Å². The van der Waals surface area contributed by atoms with Crippen molar-refractivity contribution in [3.8, 4) is 5.69 Å². The third-order valence-corrected chi connectivity index (χ3v) is 3.98. The lowest BCUT2D eigenvalue weighted by Gasteiger charge is -2.14. The van der Waals surface area contributed by atoms with Crippen molar-refractivity contribution >= 4 is 40.8 Å². The summed E-state index contributed by atoms with van der Waals surface area (Å²) in [6, 6.07) is 1.53. The summed E-state index contributed by atoms with van der Waals surface area (Å²) in [5, 5.41) is 0.458. The first kappa shape index (κ1) is 15.4. The molecular formula is C13H5Cl2F2N3O3. The Balaban J connectivity index is 2.41. The third kappa shape index (κ3) is 2.10. The standard InChI is InChI=1S/C13H5Cl2F2N3O3/c14-8-4(16)2-5(9(15)10(8)17)20-6(21)1-3-7(11(20)18)13(23)19-12(3)22/h1-2H,18H2,(H,19,22,23). The molecular weight excluding hydrogens is 355 g/mol. The number of fused-ring (bicyclic) bond motifs is 1. The molecule has 118 valence electrons. The summed E-state index contributed by atoms with van der Waals surface area (Å²) in [5.41, 5.74) is 3.91. The average molecular weight is 360 g/mol. The number of carbonyl (C=O) groups excluding carboxylic acids is 2. The van der Waals surface area contributed by atoms with Gasteiger partial charge in [-0.3, -0.25) is 24.3 Å². The maximum atomic E-state index is 13.8. The van der Waals surface area contributed by atoms with Crippen LogP contribution in [0.5, 0.6) is 0 Å². The van der Waals surface area contributed by atoms with E-state index < -0.39 is 50.6 Å². The normalized spacial score (nSPS) is 13.2. The highest BCUT2D eigenvalue weighted by Gasteiger charge is 2.32. The summed E-state index contributed by atoms with van der Waals surface area (Å²) in [6.45, 7) is 0. The summed E-state index contributed by atoms with van der Waals surface area (Å²) >= 11 is 11.2. The second-order valence-electron chi connectivity index (χ2n) is 4.59. The van der Waals surface area contributed by atoms with Gasteiger partial charge in [-0.15, -0.1) is 0 Å². The average Bonchev–Trinajstić information content (AvgIpc) is 2.76. The molecule has 1 aromatic carbocycles. The van der Waals surface area contributed by atoms with Crippen LogP contribution in [0.3, 0.4) is 0 Å². The largest absolute Gasteiger partial charge is 0.384 e. The highest BCUT2D eigenvalue weighted by atomic mass is 35.5. The number of hydrogen-bond donors (Lipinski definition) is 2. The molecule has 0 spiro atoms. The number of anilines is 1. The van der Waals surface area contributed by atoms with Crippen LogP contribution >= 0.6 is 23.2 Å². The Kier molecular flexibility index (Phi) is 3.38. The number of nitrogens with one attached hydrogen (secondary N) is 1. The van der Waals surface area contributed by atoms with E-state index in [1.54, 1.807) is 0 Å². The Labute approximate surface area is 136 Å². The van der Waals surface area contributed by atoms with E-state index in [9.17, 15) is 23.2 Å². The molecule has 6 nitrogen and oxygen atoms in total. The number of halogens is 4. The van der Waals surface area contributed by atoms with E-state index in [1.807, 2.05) is 5.32 Å². The van der Waals surface area contributed by atoms with E-state index >= 15 is 0 Å². The molecule has 1 aliphatic heterocycles. The smallest absolute Gasteiger partial charge is 0.262 e. The van der Waals surface area contributed by atoms with E-state index in [-0.39, 0.29) is 11.1 Å². The lowest BCUT2D eigenvalue weighted by molar-refractivity contribution is 0.0880. The van der Waals surface area contributed by atoms with E-state index in [4.69, 9.17) is 28.9 Å². The van der Waals surface area contributed by atoms with Gasteiger partial charge in [-0.1, -0.05) is 23.2 Å². The molecule has 0 unspecified atom stereocenters. The zero-order chi connectivity index (χ0) is 17.0. The predicted octanol–water partition coefficient (Wildman–Crippen LogP) is 1.89. The molecule has 0 saturated carbocycles. The van der Waals surface area contributed by atoms with Crippen molar-refractivity contribution in [3.63, 3.8) is 0 Å². The summed E-state index contributed by atoms with van der Waals surface area (Å²) in [5.74, 6) is -4.55. The lowest BCUT2D eigenvalue weighted by atomic mass is 10.1. The number of benzene rings is 1. The van der Waals surface area contributed by atoms with Crippen molar-refractivity contribution in [2.75, 3.05) is 5.73 Å². The molecule has 2 aromatic rings. The first-order chi connectivity index (χ1) is 10.7. The minimum absolute atomic E-state index is 0.222. The number of amides is 2. The zero-order valence-electron chi connectivity index (χ0n) is 10.9. The first-order valence-corrected chi connectivity index (χ1v) is 6.74. The van der Waals surface area contributed by atoms with Crippen LogP contribution in [0.1, 0.15) is 20.7 Å². The van der Waals surface area contributed by atoms with Crippen molar-refractivity contribution in [2.45, 2.75) is 0 Å². The Hall–Kier alpha value is -2.45. The van der Waals surface area contributed by atoms with Gasteiger partial charge in [0.05, 0.1) is 16.8 Å². The summed E-state index contributed by atoms with van der Waals surface area (Å²) in [7, 11) is 0. The van der Waals surface area contributed by atoms with Crippen molar-refractivity contribution in [1.82, 2.24) is 9.88 Å². The first-order valence-electron chi connectivity index (χ1n) is 5.98. The molecule has 3 N–H and O–H groups in total. The molecule has 0 aliphatic carbocycles. The maximum absolute atomic E-state index is 13.8. The highest BCUT2D eigenvalue weighted by Crippen LogP contribution is 2.33. The second kappa shape index (κ2) is 5.04. The van der Waals surface area contributed by atoms with Crippen molar-refractivity contribution in [1.29, 1.82) is 0 Å². The number of nitrogen functional groups attached to an aromatic ring is 1. The van der Waals surface area contributed by atoms with E-state index in [0.29, 0.717) is 10.6 Å². The van der Waals surface area contributed by atoms with Gasteiger partial charge in [-0.05, 0) is 0 Å². The number of nitrogens with zero attached hydrogens (tertiary/aromatic N) is 1. The molecule has 0 saturated heterocycles. The van der Waals surface area contributed by atoms with Crippen molar-refractivity contribution < 1.29 is 18.4 Å². The van der Waals surface area contributed by atoms with Crippen LogP contribution in [0, 0.1) is 11.6 Å². The molecule has 2 amide bonds. The Bertz CT molecular complexity index is 972. The topological polar surface area (TPSA) is 94.2 Å². The van der Waals surface area contributed by atoms with Crippen LogP contribution in [-0.2, 0) is 0 Å². The monoisotopic (exact) mass is 359 g/mol. The Morgan fingerprint density at radius 3 is 2.35 bits per heavy atom. The van der Waals surface area contributed by atoms with Crippen LogP contribution in [-0.4, -0.2) is 16.4 Å². The molecule has 0 radical (unpaired) electrons. The molecule has 1 aliphatic rings.